The molecule has 1 unspecified atom stereocenters. The molecule has 6 aromatic rings. The van der Waals surface area contributed by atoms with Crippen molar-refractivity contribution in [1.29, 1.82) is 0 Å². The molecular formula is C32H22O3S. The Morgan fingerprint density at radius 2 is 1.25 bits per heavy atom. The van der Waals surface area contributed by atoms with Crippen LogP contribution in [0, 0.1) is 0 Å². The lowest BCUT2D eigenvalue weighted by atomic mass is 9.99. The van der Waals surface area contributed by atoms with Gasteiger partial charge in [0, 0.05) is 25.7 Å². The fourth-order valence-corrected chi connectivity index (χ4v) is 5.81. The molecule has 1 N–H and O–H groups in total. The Bertz CT molecular complexity index is 1670. The Morgan fingerprint density at radius 1 is 0.639 bits per heavy atom. The summed E-state index contributed by atoms with van der Waals surface area (Å²) < 4.78 is 8.40. The number of rotatable bonds is 6. The molecule has 1 heterocycles. The van der Waals surface area contributed by atoms with E-state index in [9.17, 15) is 9.90 Å². The molecule has 0 spiro atoms. The maximum Gasteiger partial charge on any atom is 0.349 e. The van der Waals surface area contributed by atoms with E-state index in [1.807, 2.05) is 53.8 Å². The molecule has 0 saturated heterocycles. The summed E-state index contributed by atoms with van der Waals surface area (Å²) in [7, 11) is 0. The van der Waals surface area contributed by atoms with Crippen LogP contribution in [-0.4, -0.2) is 11.1 Å². The Kier molecular flexibility index (Phi) is 5.72. The summed E-state index contributed by atoms with van der Waals surface area (Å²) in [6.45, 7) is 0. The van der Waals surface area contributed by atoms with Crippen molar-refractivity contribution in [3.05, 3.63) is 127 Å². The van der Waals surface area contributed by atoms with Crippen LogP contribution >= 0.6 is 11.3 Å². The van der Waals surface area contributed by atoms with Gasteiger partial charge in [-0.25, -0.2) is 4.79 Å². The van der Waals surface area contributed by atoms with Crippen molar-refractivity contribution < 1.29 is 14.6 Å². The molecule has 0 bridgehead atoms. The fourth-order valence-electron chi connectivity index (χ4n) is 4.57. The van der Waals surface area contributed by atoms with E-state index in [0.29, 0.717) is 11.3 Å². The summed E-state index contributed by atoms with van der Waals surface area (Å²) >= 11 is 1.83. The number of hydrogen-bond acceptors (Lipinski definition) is 3. The summed E-state index contributed by atoms with van der Waals surface area (Å²) in [4.78, 5) is 11.7. The first-order valence-corrected chi connectivity index (χ1v) is 12.5. The third kappa shape index (κ3) is 4.12. The molecule has 174 valence electrons. The van der Waals surface area contributed by atoms with Gasteiger partial charge in [0.25, 0.3) is 0 Å². The summed E-state index contributed by atoms with van der Waals surface area (Å²) in [6, 6.07) is 40.2. The first-order valence-electron chi connectivity index (χ1n) is 11.7. The SMILES string of the molecule is O=C(O)C(Oc1ccc(-c2ccc(-c3cccc4c3sc3ccccc34)cc2)cc1)c1ccccc1. The molecule has 1 aromatic heterocycles. The van der Waals surface area contributed by atoms with Crippen LogP contribution in [0.15, 0.2) is 121 Å². The van der Waals surface area contributed by atoms with E-state index in [0.717, 1.165) is 11.1 Å². The zero-order valence-electron chi connectivity index (χ0n) is 19.3. The lowest BCUT2D eigenvalue weighted by molar-refractivity contribution is -0.145. The van der Waals surface area contributed by atoms with Crippen LogP contribution in [0.1, 0.15) is 11.7 Å². The van der Waals surface area contributed by atoms with E-state index >= 15 is 0 Å². The predicted octanol–water partition coefficient (Wildman–Crippen LogP) is 8.59. The van der Waals surface area contributed by atoms with Crippen LogP contribution in [0.2, 0.25) is 0 Å². The Hall–Kier alpha value is -4.41. The number of fused-ring (bicyclic) bond motifs is 3. The third-order valence-electron chi connectivity index (χ3n) is 6.37. The molecule has 3 nitrogen and oxygen atoms in total. The van der Waals surface area contributed by atoms with E-state index in [2.05, 4.69) is 66.7 Å². The van der Waals surface area contributed by atoms with Gasteiger partial charge in [0.1, 0.15) is 5.75 Å². The zero-order valence-corrected chi connectivity index (χ0v) is 20.1. The van der Waals surface area contributed by atoms with Crippen LogP contribution in [-0.2, 0) is 4.79 Å². The molecule has 0 aliphatic rings. The first-order chi connectivity index (χ1) is 17.7. The van der Waals surface area contributed by atoms with Gasteiger partial charge in [-0.2, -0.15) is 0 Å². The van der Waals surface area contributed by atoms with Crippen LogP contribution < -0.4 is 4.74 Å². The quantitative estimate of drug-likeness (QED) is 0.256. The molecule has 0 saturated carbocycles. The van der Waals surface area contributed by atoms with E-state index in [1.54, 1.807) is 12.1 Å². The van der Waals surface area contributed by atoms with Crippen molar-refractivity contribution in [2.45, 2.75) is 6.10 Å². The number of carbonyl (C=O) groups is 1. The minimum atomic E-state index is -1.05. The molecule has 5 aromatic carbocycles. The number of aliphatic carboxylic acids is 1. The molecule has 0 aliphatic carbocycles. The summed E-state index contributed by atoms with van der Waals surface area (Å²) in [5, 5.41) is 12.2. The maximum absolute atomic E-state index is 11.7. The van der Waals surface area contributed by atoms with E-state index in [4.69, 9.17) is 4.74 Å². The molecule has 0 radical (unpaired) electrons. The highest BCUT2D eigenvalue weighted by Crippen LogP contribution is 2.40. The second-order valence-corrected chi connectivity index (χ2v) is 9.68. The highest BCUT2D eigenvalue weighted by Gasteiger charge is 2.21. The van der Waals surface area contributed by atoms with Gasteiger partial charge in [-0.15, -0.1) is 11.3 Å². The smallest absolute Gasteiger partial charge is 0.349 e. The molecule has 0 fully saturated rings. The molecule has 1 atom stereocenters. The molecule has 6 rings (SSSR count). The van der Waals surface area contributed by atoms with Gasteiger partial charge in [-0.1, -0.05) is 103 Å². The average Bonchev–Trinajstić information content (AvgIpc) is 3.31. The zero-order chi connectivity index (χ0) is 24.5. The summed E-state index contributed by atoms with van der Waals surface area (Å²) in [6.07, 6.45) is -1.05. The van der Waals surface area contributed by atoms with Crippen molar-refractivity contribution in [2.24, 2.45) is 0 Å². The standard InChI is InChI=1S/C32H22O3S/c33-32(34)30(24-7-2-1-3-8-24)35-25-19-17-22(18-20-25)21-13-15-23(16-14-21)26-10-6-11-28-27-9-4-5-12-29(27)36-31(26)28/h1-20,30H,(H,33,34). The summed E-state index contributed by atoms with van der Waals surface area (Å²) in [5.41, 5.74) is 5.16. The van der Waals surface area contributed by atoms with E-state index in [-0.39, 0.29) is 0 Å². The van der Waals surface area contributed by atoms with E-state index in [1.165, 1.54) is 31.3 Å². The van der Waals surface area contributed by atoms with Gasteiger partial charge in [0.15, 0.2) is 0 Å². The number of hydrogen-bond donors (Lipinski definition) is 1. The first kappa shape index (κ1) is 22.1. The van der Waals surface area contributed by atoms with Crippen LogP contribution in [0.4, 0.5) is 0 Å². The van der Waals surface area contributed by atoms with Crippen molar-refractivity contribution in [3.8, 4) is 28.0 Å². The van der Waals surface area contributed by atoms with Gasteiger partial charge < -0.3 is 9.84 Å². The fraction of sp³-hybridized carbons (Fsp3) is 0.0312. The van der Waals surface area contributed by atoms with Crippen molar-refractivity contribution in [2.75, 3.05) is 0 Å². The Morgan fingerprint density at radius 3 is 1.97 bits per heavy atom. The van der Waals surface area contributed by atoms with Crippen molar-refractivity contribution >= 4 is 37.5 Å². The van der Waals surface area contributed by atoms with Crippen LogP contribution in [0.3, 0.4) is 0 Å². The second-order valence-electron chi connectivity index (χ2n) is 8.63. The molecular weight excluding hydrogens is 464 g/mol. The van der Waals surface area contributed by atoms with Gasteiger partial charge in [0.05, 0.1) is 0 Å². The van der Waals surface area contributed by atoms with Crippen LogP contribution in [0.5, 0.6) is 5.75 Å². The molecule has 4 heteroatoms. The molecule has 0 aliphatic heterocycles. The number of carboxylic acids is 1. The second kappa shape index (κ2) is 9.33. The normalized spacial score (nSPS) is 12.0. The third-order valence-corrected chi connectivity index (χ3v) is 7.59. The Balaban J connectivity index is 1.26. The number of ether oxygens (including phenoxy) is 1. The monoisotopic (exact) mass is 486 g/mol. The highest BCUT2D eigenvalue weighted by atomic mass is 32.1. The largest absolute Gasteiger partial charge is 0.478 e. The topological polar surface area (TPSA) is 46.5 Å². The maximum atomic E-state index is 11.7. The Labute approximate surface area is 212 Å². The predicted molar refractivity (Wildman–Crippen MR) is 148 cm³/mol. The van der Waals surface area contributed by atoms with Gasteiger partial charge in [0.2, 0.25) is 6.10 Å². The lowest BCUT2D eigenvalue weighted by Crippen LogP contribution is -2.18. The highest BCUT2D eigenvalue weighted by molar-refractivity contribution is 7.26. The minimum Gasteiger partial charge on any atom is -0.478 e. The average molecular weight is 487 g/mol. The van der Waals surface area contributed by atoms with Gasteiger partial charge in [-0.3, -0.25) is 0 Å². The lowest BCUT2D eigenvalue weighted by Gasteiger charge is -2.16. The van der Waals surface area contributed by atoms with Crippen molar-refractivity contribution in [1.82, 2.24) is 0 Å². The van der Waals surface area contributed by atoms with Crippen molar-refractivity contribution in [3.63, 3.8) is 0 Å². The number of benzene rings is 5. The molecule has 36 heavy (non-hydrogen) atoms. The van der Waals surface area contributed by atoms with Crippen LogP contribution in [0.25, 0.3) is 42.4 Å². The minimum absolute atomic E-state index is 0.517. The summed E-state index contributed by atoms with van der Waals surface area (Å²) in [5.74, 6) is -0.502. The molecule has 0 amide bonds. The number of carboxylic acid groups (broad SMARTS) is 1. The van der Waals surface area contributed by atoms with Gasteiger partial charge in [-0.05, 0) is 40.5 Å². The van der Waals surface area contributed by atoms with Gasteiger partial charge >= 0.3 is 5.97 Å². The number of thiophene rings is 1. The van der Waals surface area contributed by atoms with E-state index < -0.39 is 12.1 Å².